The van der Waals surface area contributed by atoms with Gasteiger partial charge < -0.3 is 10.1 Å². The fraction of sp³-hybridized carbons (Fsp3) is 0.360. The Bertz CT molecular complexity index is 997. The van der Waals surface area contributed by atoms with Gasteiger partial charge in [-0.25, -0.2) is 0 Å². The van der Waals surface area contributed by atoms with Gasteiger partial charge in [0.25, 0.3) is 17.7 Å². The fourth-order valence-corrected chi connectivity index (χ4v) is 3.73. The highest BCUT2D eigenvalue weighted by Crippen LogP contribution is 2.32. The maximum atomic E-state index is 12.5. The molecule has 3 rings (SSSR count). The molecule has 2 aromatic rings. The molecule has 2 aromatic carbocycles. The number of imide groups is 1. The molecule has 7 heteroatoms. The molecule has 0 aromatic heterocycles. The lowest BCUT2D eigenvalue weighted by molar-refractivity contribution is -0.147. The first-order valence-corrected chi connectivity index (χ1v) is 10.7. The number of ether oxygens (including phenoxy) is 1. The second kappa shape index (κ2) is 9.77. The van der Waals surface area contributed by atoms with Gasteiger partial charge in [-0.1, -0.05) is 58.0 Å². The third-order valence-electron chi connectivity index (χ3n) is 5.42. The molecule has 7 nitrogen and oxygen atoms in total. The van der Waals surface area contributed by atoms with Gasteiger partial charge in [-0.2, -0.15) is 0 Å². The van der Waals surface area contributed by atoms with Crippen LogP contribution in [0.3, 0.4) is 0 Å². The summed E-state index contributed by atoms with van der Waals surface area (Å²) >= 11 is 0. The van der Waals surface area contributed by atoms with Crippen molar-refractivity contribution in [2.24, 2.45) is 0 Å². The lowest BCUT2D eigenvalue weighted by atomic mass is 9.92. The van der Waals surface area contributed by atoms with Gasteiger partial charge in [-0.3, -0.25) is 24.1 Å². The van der Waals surface area contributed by atoms with Gasteiger partial charge in [-0.15, -0.1) is 0 Å². The van der Waals surface area contributed by atoms with Gasteiger partial charge >= 0.3 is 5.97 Å². The molecule has 0 bridgehead atoms. The Labute approximate surface area is 187 Å². The summed E-state index contributed by atoms with van der Waals surface area (Å²) in [6.07, 6.45) is -0.182. The molecule has 1 heterocycles. The molecule has 0 saturated carbocycles. The van der Waals surface area contributed by atoms with E-state index >= 15 is 0 Å². The first-order chi connectivity index (χ1) is 15.2. The summed E-state index contributed by atoms with van der Waals surface area (Å²) in [5.74, 6) is -1.52. The van der Waals surface area contributed by atoms with E-state index in [1.54, 1.807) is 24.3 Å². The zero-order valence-corrected chi connectivity index (χ0v) is 18.8. The van der Waals surface area contributed by atoms with Gasteiger partial charge in [0.05, 0.1) is 17.5 Å². The van der Waals surface area contributed by atoms with E-state index < -0.39 is 30.3 Å². The molecule has 0 saturated heterocycles. The quantitative estimate of drug-likeness (QED) is 0.497. The van der Waals surface area contributed by atoms with E-state index in [1.165, 1.54) is 0 Å². The third-order valence-corrected chi connectivity index (χ3v) is 5.42. The number of nitrogens with one attached hydrogen (secondary N) is 1. The predicted octanol–water partition coefficient (Wildman–Crippen LogP) is 4.10. The molecule has 1 N–H and O–H groups in total. The van der Waals surface area contributed by atoms with Crippen LogP contribution in [0.4, 0.5) is 5.69 Å². The number of para-hydroxylation sites is 1. The molecular weight excluding hydrogens is 408 g/mol. The molecule has 0 fully saturated rings. The van der Waals surface area contributed by atoms with Gasteiger partial charge in [0.15, 0.2) is 6.61 Å². The van der Waals surface area contributed by atoms with E-state index in [2.05, 4.69) is 5.32 Å². The van der Waals surface area contributed by atoms with Crippen molar-refractivity contribution >= 4 is 29.4 Å². The predicted molar refractivity (Wildman–Crippen MR) is 121 cm³/mol. The Hall–Kier alpha value is -3.48. The summed E-state index contributed by atoms with van der Waals surface area (Å²) in [5.41, 5.74) is 3.44. The first-order valence-electron chi connectivity index (χ1n) is 10.7. The van der Waals surface area contributed by atoms with Crippen molar-refractivity contribution < 1.29 is 23.9 Å². The number of fused-ring (bicyclic) bond motifs is 1. The van der Waals surface area contributed by atoms with Crippen LogP contribution in [0.2, 0.25) is 0 Å². The zero-order chi connectivity index (χ0) is 23.4. The molecule has 3 amide bonds. The molecular formula is C25H28N2O5. The second-order valence-electron chi connectivity index (χ2n) is 8.39. The van der Waals surface area contributed by atoms with Gasteiger partial charge in [0.1, 0.15) is 0 Å². The Morgan fingerprint density at radius 2 is 1.41 bits per heavy atom. The Balaban J connectivity index is 1.55. The smallest absolute Gasteiger partial charge is 0.308 e. The Kier molecular flexibility index (Phi) is 7.08. The maximum absolute atomic E-state index is 12.5. The average molecular weight is 437 g/mol. The van der Waals surface area contributed by atoms with Crippen LogP contribution in [0.1, 0.15) is 77.8 Å². The van der Waals surface area contributed by atoms with Gasteiger partial charge in [-0.05, 0) is 35.1 Å². The molecule has 1 aliphatic heterocycles. The number of hydrogen-bond acceptors (Lipinski definition) is 5. The maximum Gasteiger partial charge on any atom is 0.308 e. The average Bonchev–Trinajstić information content (AvgIpc) is 3.00. The van der Waals surface area contributed by atoms with Crippen LogP contribution in [-0.4, -0.2) is 41.7 Å². The van der Waals surface area contributed by atoms with Crippen LogP contribution in [-0.2, 0) is 14.3 Å². The molecule has 0 atom stereocenters. The number of esters is 1. The highest BCUT2D eigenvalue weighted by molar-refractivity contribution is 6.21. The molecule has 0 spiro atoms. The molecule has 0 aliphatic carbocycles. The van der Waals surface area contributed by atoms with Crippen LogP contribution in [0, 0.1) is 0 Å². The number of rotatable bonds is 8. The van der Waals surface area contributed by atoms with Gasteiger partial charge in [0.2, 0.25) is 0 Å². The van der Waals surface area contributed by atoms with Crippen LogP contribution < -0.4 is 5.32 Å². The minimum Gasteiger partial charge on any atom is -0.456 e. The minimum atomic E-state index is -0.655. The topological polar surface area (TPSA) is 92.8 Å². The number of hydrogen-bond donors (Lipinski definition) is 1. The monoisotopic (exact) mass is 436 g/mol. The lowest BCUT2D eigenvalue weighted by Gasteiger charge is -2.20. The summed E-state index contributed by atoms with van der Waals surface area (Å²) in [7, 11) is 0. The van der Waals surface area contributed by atoms with E-state index in [0.29, 0.717) is 11.1 Å². The molecule has 0 unspecified atom stereocenters. The van der Waals surface area contributed by atoms with Crippen molar-refractivity contribution in [3.05, 3.63) is 64.7 Å². The summed E-state index contributed by atoms with van der Waals surface area (Å²) < 4.78 is 5.08. The van der Waals surface area contributed by atoms with Crippen molar-refractivity contribution in [1.29, 1.82) is 0 Å². The third kappa shape index (κ3) is 4.88. The van der Waals surface area contributed by atoms with Crippen molar-refractivity contribution in [3.8, 4) is 0 Å². The van der Waals surface area contributed by atoms with Crippen molar-refractivity contribution in [3.63, 3.8) is 0 Å². The Morgan fingerprint density at radius 3 is 1.91 bits per heavy atom. The lowest BCUT2D eigenvalue weighted by Crippen LogP contribution is -2.32. The van der Waals surface area contributed by atoms with E-state index in [1.807, 2.05) is 45.9 Å². The highest BCUT2D eigenvalue weighted by atomic mass is 16.5. The normalized spacial score (nSPS) is 13.0. The molecule has 1 aliphatic rings. The van der Waals surface area contributed by atoms with Crippen molar-refractivity contribution in [2.45, 2.75) is 46.0 Å². The number of nitrogens with zero attached hydrogens (tertiary/aromatic N) is 1. The standard InChI is InChI=1S/C25H28N2O5/c1-15(2)17-10-7-11-18(16(3)4)23(17)26-21(28)14-32-22(29)12-13-27-24(30)19-8-5-6-9-20(19)25(27)31/h5-11,15-16H,12-14H2,1-4H3,(H,26,28). The van der Waals surface area contributed by atoms with Crippen LogP contribution >= 0.6 is 0 Å². The number of amides is 3. The molecule has 32 heavy (non-hydrogen) atoms. The fourth-order valence-electron chi connectivity index (χ4n) is 3.73. The number of benzene rings is 2. The first kappa shape index (κ1) is 23.2. The van der Waals surface area contributed by atoms with E-state index in [-0.39, 0.29) is 24.8 Å². The van der Waals surface area contributed by atoms with Crippen LogP contribution in [0.25, 0.3) is 0 Å². The summed E-state index contributed by atoms with van der Waals surface area (Å²) in [4.78, 5) is 50.3. The summed E-state index contributed by atoms with van der Waals surface area (Å²) in [6.45, 7) is 7.66. The molecule has 168 valence electrons. The second-order valence-corrected chi connectivity index (χ2v) is 8.39. The largest absolute Gasteiger partial charge is 0.456 e. The van der Waals surface area contributed by atoms with E-state index in [0.717, 1.165) is 21.7 Å². The SMILES string of the molecule is CC(C)c1cccc(C(C)C)c1NC(=O)COC(=O)CCN1C(=O)c2ccccc2C1=O. The van der Waals surface area contributed by atoms with Gasteiger partial charge in [0, 0.05) is 12.2 Å². The van der Waals surface area contributed by atoms with Crippen molar-refractivity contribution in [1.82, 2.24) is 4.90 Å². The number of anilines is 1. The minimum absolute atomic E-state index is 0.0967. The summed E-state index contributed by atoms with van der Waals surface area (Å²) in [5, 5.41) is 2.89. The number of carbonyl (C=O) groups excluding carboxylic acids is 4. The zero-order valence-electron chi connectivity index (χ0n) is 18.8. The van der Waals surface area contributed by atoms with Crippen LogP contribution in [0.5, 0.6) is 0 Å². The Morgan fingerprint density at radius 1 is 0.875 bits per heavy atom. The van der Waals surface area contributed by atoms with Crippen molar-refractivity contribution in [2.75, 3.05) is 18.5 Å². The van der Waals surface area contributed by atoms with E-state index in [9.17, 15) is 19.2 Å². The molecule has 0 radical (unpaired) electrons. The van der Waals surface area contributed by atoms with Crippen LogP contribution in [0.15, 0.2) is 42.5 Å². The number of carbonyl (C=O) groups is 4. The highest BCUT2D eigenvalue weighted by Gasteiger charge is 2.35. The summed E-state index contributed by atoms with van der Waals surface area (Å²) in [6, 6.07) is 12.4. The van der Waals surface area contributed by atoms with E-state index in [4.69, 9.17) is 4.74 Å².